The summed E-state index contributed by atoms with van der Waals surface area (Å²) >= 11 is 3.39. The van der Waals surface area contributed by atoms with E-state index in [0.717, 1.165) is 10.0 Å². The van der Waals surface area contributed by atoms with E-state index in [1.807, 2.05) is 13.0 Å². The summed E-state index contributed by atoms with van der Waals surface area (Å²) in [7, 11) is 0. The van der Waals surface area contributed by atoms with Crippen LogP contribution in [0.15, 0.2) is 16.7 Å². The molecule has 0 bridgehead atoms. The number of hydrogen-bond donors (Lipinski definition) is 1. The number of halogens is 1. The van der Waals surface area contributed by atoms with Crippen molar-refractivity contribution in [3.63, 3.8) is 0 Å². The fourth-order valence-corrected chi connectivity index (χ4v) is 2.50. The van der Waals surface area contributed by atoms with E-state index in [-0.39, 0.29) is 5.91 Å². The summed E-state index contributed by atoms with van der Waals surface area (Å²) in [5.74, 6) is 1.31. The van der Waals surface area contributed by atoms with E-state index in [4.69, 9.17) is 0 Å². The molecule has 1 saturated carbocycles. The van der Waals surface area contributed by atoms with Gasteiger partial charge in [-0.15, -0.1) is 0 Å². The molecule has 17 heavy (non-hydrogen) atoms. The third kappa shape index (κ3) is 3.53. The van der Waals surface area contributed by atoms with E-state index in [1.54, 1.807) is 6.20 Å². The normalized spacial score (nSPS) is 16.1. The van der Waals surface area contributed by atoms with Gasteiger partial charge in [0.2, 0.25) is 5.91 Å². The van der Waals surface area contributed by atoms with E-state index >= 15 is 0 Å². The molecule has 1 heterocycles. The lowest BCUT2D eigenvalue weighted by molar-refractivity contribution is -0.117. The van der Waals surface area contributed by atoms with Crippen molar-refractivity contribution in [3.05, 3.63) is 22.3 Å². The number of aryl methyl sites for hydroxylation is 1. The second-order valence-electron chi connectivity index (χ2n) is 4.72. The van der Waals surface area contributed by atoms with Gasteiger partial charge >= 0.3 is 0 Å². The zero-order chi connectivity index (χ0) is 12.3. The first-order valence-electron chi connectivity index (χ1n) is 6.07. The molecule has 92 valence electrons. The third-order valence-corrected chi connectivity index (χ3v) is 4.09. The summed E-state index contributed by atoms with van der Waals surface area (Å²) in [6.07, 6.45) is 7.29. The van der Waals surface area contributed by atoms with Crippen LogP contribution in [0.2, 0.25) is 0 Å². The number of hydrogen-bond acceptors (Lipinski definition) is 2. The molecule has 2 rings (SSSR count). The maximum atomic E-state index is 11.8. The van der Waals surface area contributed by atoms with Crippen molar-refractivity contribution >= 4 is 27.7 Å². The van der Waals surface area contributed by atoms with Crippen LogP contribution in [-0.2, 0) is 4.79 Å². The van der Waals surface area contributed by atoms with Crippen LogP contribution in [0.1, 0.15) is 37.7 Å². The maximum Gasteiger partial charge on any atom is 0.225 e. The number of carbonyl (C=O) groups is 1. The molecule has 1 aliphatic carbocycles. The molecular formula is C13H17BrN2O. The number of nitrogens with zero attached hydrogens (tertiary/aromatic N) is 1. The summed E-state index contributed by atoms with van der Waals surface area (Å²) in [6, 6.07) is 1.89. The van der Waals surface area contributed by atoms with Crippen molar-refractivity contribution < 1.29 is 4.79 Å². The average molecular weight is 297 g/mol. The molecule has 0 saturated heterocycles. The van der Waals surface area contributed by atoms with Gasteiger partial charge in [0.25, 0.3) is 0 Å². The lowest BCUT2D eigenvalue weighted by Gasteiger charge is -2.09. The van der Waals surface area contributed by atoms with Crippen LogP contribution in [0.3, 0.4) is 0 Å². The molecule has 0 aromatic carbocycles. The van der Waals surface area contributed by atoms with Gasteiger partial charge < -0.3 is 5.32 Å². The minimum Gasteiger partial charge on any atom is -0.311 e. The lowest BCUT2D eigenvalue weighted by atomic mass is 10.0. The van der Waals surface area contributed by atoms with E-state index < -0.39 is 0 Å². The van der Waals surface area contributed by atoms with Gasteiger partial charge in [-0.05, 0) is 53.2 Å². The van der Waals surface area contributed by atoms with Crippen LogP contribution in [0, 0.1) is 12.8 Å². The molecule has 4 heteroatoms. The van der Waals surface area contributed by atoms with E-state index in [2.05, 4.69) is 26.2 Å². The molecule has 0 atom stereocenters. The van der Waals surface area contributed by atoms with Crippen LogP contribution < -0.4 is 5.32 Å². The third-order valence-electron chi connectivity index (χ3n) is 3.26. The number of amides is 1. The molecule has 0 spiro atoms. The standard InChI is InChI=1S/C13H17BrN2O/c1-9-6-12(15-8-11(9)14)16-13(17)7-10-4-2-3-5-10/h6,8,10H,2-5,7H2,1H3,(H,15,16,17). The topological polar surface area (TPSA) is 42.0 Å². The predicted molar refractivity (Wildman–Crippen MR) is 71.9 cm³/mol. The number of pyridine rings is 1. The fraction of sp³-hybridized carbons (Fsp3) is 0.538. The highest BCUT2D eigenvalue weighted by Gasteiger charge is 2.18. The Morgan fingerprint density at radius 1 is 1.53 bits per heavy atom. The van der Waals surface area contributed by atoms with Crippen LogP contribution in [0.5, 0.6) is 0 Å². The van der Waals surface area contributed by atoms with Gasteiger partial charge in [-0.25, -0.2) is 4.98 Å². The Hall–Kier alpha value is -0.900. The molecule has 3 nitrogen and oxygen atoms in total. The predicted octanol–water partition coefficient (Wildman–Crippen LogP) is 3.67. The van der Waals surface area contributed by atoms with Crippen molar-refractivity contribution in [1.29, 1.82) is 0 Å². The Bertz CT molecular complexity index is 414. The molecule has 0 radical (unpaired) electrons. The Kier molecular flexibility index (Phi) is 4.15. The number of anilines is 1. The Labute approximate surface area is 110 Å². The van der Waals surface area contributed by atoms with Crippen molar-refractivity contribution in [1.82, 2.24) is 4.98 Å². The average Bonchev–Trinajstić information content (AvgIpc) is 2.76. The highest BCUT2D eigenvalue weighted by Crippen LogP contribution is 2.27. The first-order valence-corrected chi connectivity index (χ1v) is 6.86. The van der Waals surface area contributed by atoms with Gasteiger partial charge in [0.1, 0.15) is 5.82 Å². The van der Waals surface area contributed by atoms with Crippen LogP contribution in [0.25, 0.3) is 0 Å². The maximum absolute atomic E-state index is 11.8. The Morgan fingerprint density at radius 3 is 2.88 bits per heavy atom. The van der Waals surface area contributed by atoms with Gasteiger partial charge in [0.05, 0.1) is 0 Å². The molecule has 1 N–H and O–H groups in total. The SMILES string of the molecule is Cc1cc(NC(=O)CC2CCCC2)ncc1Br. The summed E-state index contributed by atoms with van der Waals surface area (Å²) < 4.78 is 0.964. The van der Waals surface area contributed by atoms with E-state index in [0.29, 0.717) is 18.2 Å². The van der Waals surface area contributed by atoms with Gasteiger partial charge in [-0.2, -0.15) is 0 Å². The van der Waals surface area contributed by atoms with E-state index in [1.165, 1.54) is 25.7 Å². The van der Waals surface area contributed by atoms with Crippen LogP contribution in [0.4, 0.5) is 5.82 Å². The molecule has 1 fully saturated rings. The zero-order valence-corrected chi connectivity index (χ0v) is 11.6. The molecule has 1 aliphatic rings. The number of aromatic nitrogens is 1. The monoisotopic (exact) mass is 296 g/mol. The first-order chi connectivity index (χ1) is 8.15. The smallest absolute Gasteiger partial charge is 0.225 e. The molecule has 1 amide bonds. The van der Waals surface area contributed by atoms with Crippen LogP contribution >= 0.6 is 15.9 Å². The molecule has 1 aromatic heterocycles. The molecule has 0 aliphatic heterocycles. The quantitative estimate of drug-likeness (QED) is 0.925. The lowest BCUT2D eigenvalue weighted by Crippen LogP contribution is -2.16. The van der Waals surface area contributed by atoms with Crippen LogP contribution in [-0.4, -0.2) is 10.9 Å². The Balaban J connectivity index is 1.90. The van der Waals surface area contributed by atoms with Gasteiger partial charge in [-0.3, -0.25) is 4.79 Å². The summed E-state index contributed by atoms with van der Waals surface area (Å²) in [6.45, 7) is 1.98. The van der Waals surface area contributed by atoms with Crippen molar-refractivity contribution in [2.24, 2.45) is 5.92 Å². The highest BCUT2D eigenvalue weighted by atomic mass is 79.9. The minimum absolute atomic E-state index is 0.0890. The minimum atomic E-state index is 0.0890. The zero-order valence-electron chi connectivity index (χ0n) is 10.0. The molecule has 1 aromatic rings. The molecular weight excluding hydrogens is 280 g/mol. The summed E-state index contributed by atoms with van der Waals surface area (Å²) in [5.41, 5.74) is 1.08. The highest BCUT2D eigenvalue weighted by molar-refractivity contribution is 9.10. The summed E-state index contributed by atoms with van der Waals surface area (Å²) in [5, 5.41) is 2.87. The van der Waals surface area contributed by atoms with Gasteiger partial charge in [0, 0.05) is 17.1 Å². The number of rotatable bonds is 3. The van der Waals surface area contributed by atoms with Crippen molar-refractivity contribution in [2.75, 3.05) is 5.32 Å². The fourth-order valence-electron chi connectivity index (χ4n) is 2.28. The second kappa shape index (κ2) is 5.63. The first kappa shape index (κ1) is 12.6. The van der Waals surface area contributed by atoms with Crippen molar-refractivity contribution in [2.45, 2.75) is 39.0 Å². The largest absolute Gasteiger partial charge is 0.311 e. The van der Waals surface area contributed by atoms with Gasteiger partial charge in [-0.1, -0.05) is 12.8 Å². The van der Waals surface area contributed by atoms with E-state index in [9.17, 15) is 4.79 Å². The second-order valence-corrected chi connectivity index (χ2v) is 5.58. The molecule has 0 unspecified atom stereocenters. The van der Waals surface area contributed by atoms with Crippen molar-refractivity contribution in [3.8, 4) is 0 Å². The number of nitrogens with one attached hydrogen (secondary N) is 1. The summed E-state index contributed by atoms with van der Waals surface area (Å²) in [4.78, 5) is 16.0. The number of carbonyl (C=O) groups excluding carboxylic acids is 1. The van der Waals surface area contributed by atoms with Gasteiger partial charge in [0.15, 0.2) is 0 Å². The Morgan fingerprint density at radius 2 is 2.24 bits per heavy atom.